The van der Waals surface area contributed by atoms with Gasteiger partial charge in [-0.05, 0) is 42.3 Å². The van der Waals surface area contributed by atoms with E-state index in [0.717, 1.165) is 22.2 Å². The zero-order chi connectivity index (χ0) is 27.9. The number of pyridine rings is 2. The van der Waals surface area contributed by atoms with Crippen LogP contribution >= 0.6 is 0 Å². The van der Waals surface area contributed by atoms with E-state index < -0.39 is 15.9 Å². The first kappa shape index (κ1) is 27.5. The van der Waals surface area contributed by atoms with Crippen molar-refractivity contribution in [1.29, 1.82) is 0 Å². The van der Waals surface area contributed by atoms with Crippen LogP contribution in [0.5, 0.6) is 0 Å². The lowest BCUT2D eigenvalue weighted by Crippen LogP contribution is -2.57. The van der Waals surface area contributed by atoms with Gasteiger partial charge in [0.2, 0.25) is 5.95 Å². The number of rotatable bonds is 8. The quantitative estimate of drug-likeness (QED) is 0.425. The molecule has 0 saturated carbocycles. The lowest BCUT2D eigenvalue weighted by Gasteiger charge is -2.47. The SMILES string of the molecule is CO[C@H]1CCN(c2nccc(Nc3cc4c(C(C)C)cnc(N5C[C@H](CS(C)(=O)=O)[C@H]5C)c4cn3)n2)C[C@H]1O. The summed E-state index contributed by atoms with van der Waals surface area (Å²) in [4.78, 5) is 22.7. The average Bonchev–Trinajstić information content (AvgIpc) is 2.89. The van der Waals surface area contributed by atoms with Crippen molar-refractivity contribution < 1.29 is 18.3 Å². The Morgan fingerprint density at radius 3 is 2.62 bits per heavy atom. The van der Waals surface area contributed by atoms with Crippen LogP contribution in [-0.2, 0) is 14.6 Å². The van der Waals surface area contributed by atoms with Gasteiger partial charge in [0.1, 0.15) is 27.3 Å². The molecule has 0 spiro atoms. The molecule has 12 heteroatoms. The van der Waals surface area contributed by atoms with Gasteiger partial charge in [0, 0.05) is 68.9 Å². The maximum Gasteiger partial charge on any atom is 0.227 e. The minimum Gasteiger partial charge on any atom is -0.389 e. The van der Waals surface area contributed by atoms with Gasteiger partial charge in [-0.15, -0.1) is 0 Å². The van der Waals surface area contributed by atoms with E-state index in [4.69, 9.17) is 9.72 Å². The van der Waals surface area contributed by atoms with E-state index >= 15 is 0 Å². The van der Waals surface area contributed by atoms with Gasteiger partial charge in [0.25, 0.3) is 0 Å². The normalized spacial score (nSPS) is 23.8. The summed E-state index contributed by atoms with van der Waals surface area (Å²) in [5, 5.41) is 15.7. The standard InChI is InChI=1S/C27H37N7O4S/c1-16(2)20-11-30-26(34-13-18(17(34)3)15-39(5,36)37)21-12-29-25(10-19(20)21)31-24-6-8-28-27(32-24)33-9-7-23(38-4)22(35)14-33/h6,8,10-12,16-18,22-23,35H,7,9,13-15H2,1-5H3,(H,28,29,31,32)/t17-,18-,22-,23+/m1/s1. The molecule has 4 atom stereocenters. The number of aliphatic hydroxyl groups excluding tert-OH is 1. The lowest BCUT2D eigenvalue weighted by molar-refractivity contribution is -0.0219. The molecule has 2 aliphatic heterocycles. The summed E-state index contributed by atoms with van der Waals surface area (Å²) in [5.41, 5.74) is 1.11. The Morgan fingerprint density at radius 1 is 1.15 bits per heavy atom. The molecule has 0 amide bonds. The third-order valence-electron chi connectivity index (χ3n) is 7.80. The number of aliphatic hydroxyl groups is 1. The van der Waals surface area contributed by atoms with E-state index in [1.165, 1.54) is 6.26 Å². The van der Waals surface area contributed by atoms with Gasteiger partial charge in [-0.2, -0.15) is 4.98 Å². The molecule has 5 heterocycles. The first-order valence-electron chi connectivity index (χ1n) is 13.3. The van der Waals surface area contributed by atoms with Crippen molar-refractivity contribution in [2.75, 3.05) is 53.9 Å². The number of methoxy groups -OCH3 is 1. The van der Waals surface area contributed by atoms with Gasteiger partial charge in [0.15, 0.2) is 0 Å². The van der Waals surface area contributed by atoms with Crippen LogP contribution in [0, 0.1) is 5.92 Å². The zero-order valence-corrected chi connectivity index (χ0v) is 23.9. The van der Waals surface area contributed by atoms with E-state index in [-0.39, 0.29) is 29.7 Å². The van der Waals surface area contributed by atoms with Gasteiger partial charge in [-0.1, -0.05) is 13.8 Å². The van der Waals surface area contributed by atoms with Gasteiger partial charge < -0.3 is 25.0 Å². The molecule has 2 saturated heterocycles. The molecule has 0 bridgehead atoms. The first-order valence-corrected chi connectivity index (χ1v) is 15.4. The minimum absolute atomic E-state index is 0.0741. The Balaban J connectivity index is 1.40. The molecule has 2 fully saturated rings. The summed E-state index contributed by atoms with van der Waals surface area (Å²) >= 11 is 0. The predicted molar refractivity (Wildman–Crippen MR) is 153 cm³/mol. The van der Waals surface area contributed by atoms with E-state index in [0.29, 0.717) is 43.6 Å². The molecule has 2 N–H and O–H groups in total. The summed E-state index contributed by atoms with van der Waals surface area (Å²) < 4.78 is 29.0. The molecule has 11 nitrogen and oxygen atoms in total. The molecule has 3 aromatic rings. The number of fused-ring (bicyclic) bond motifs is 1. The van der Waals surface area contributed by atoms with Crippen molar-refractivity contribution in [2.45, 2.75) is 51.4 Å². The predicted octanol–water partition coefficient (Wildman–Crippen LogP) is 2.74. The van der Waals surface area contributed by atoms with Gasteiger partial charge >= 0.3 is 0 Å². The molecule has 0 aromatic carbocycles. The number of β-amino-alcohol motifs (C(OH)–C–C–N with tert-alkyl or cyclic N) is 1. The van der Waals surface area contributed by atoms with E-state index in [2.05, 4.69) is 45.9 Å². The van der Waals surface area contributed by atoms with Gasteiger partial charge in [0.05, 0.1) is 18.0 Å². The molecule has 0 aliphatic carbocycles. The molecule has 0 unspecified atom stereocenters. The Labute approximate surface area is 229 Å². The molecule has 2 aliphatic rings. The van der Waals surface area contributed by atoms with Crippen LogP contribution in [0.15, 0.2) is 30.7 Å². The fourth-order valence-corrected chi connectivity index (χ4v) is 6.68. The highest BCUT2D eigenvalue weighted by Gasteiger charge is 2.39. The highest BCUT2D eigenvalue weighted by molar-refractivity contribution is 7.90. The molecular weight excluding hydrogens is 518 g/mol. The van der Waals surface area contributed by atoms with Crippen molar-refractivity contribution in [3.8, 4) is 0 Å². The minimum atomic E-state index is -3.03. The summed E-state index contributed by atoms with van der Waals surface area (Å²) in [7, 11) is -1.42. The van der Waals surface area contributed by atoms with E-state index in [9.17, 15) is 13.5 Å². The second-order valence-corrected chi connectivity index (χ2v) is 13.2. The molecule has 210 valence electrons. The van der Waals surface area contributed by atoms with Gasteiger partial charge in [-0.3, -0.25) is 0 Å². The van der Waals surface area contributed by atoms with Crippen molar-refractivity contribution in [2.24, 2.45) is 5.92 Å². The molecule has 0 radical (unpaired) electrons. The Hall–Kier alpha value is -3.09. The average molecular weight is 556 g/mol. The zero-order valence-electron chi connectivity index (χ0n) is 23.1. The maximum absolute atomic E-state index is 11.8. The lowest BCUT2D eigenvalue weighted by atomic mass is 9.90. The Morgan fingerprint density at radius 2 is 1.95 bits per heavy atom. The molecule has 39 heavy (non-hydrogen) atoms. The number of ether oxygens (including phenoxy) is 1. The third kappa shape index (κ3) is 5.78. The number of anilines is 4. The Kier molecular flexibility index (Phi) is 7.62. The first-order chi connectivity index (χ1) is 18.5. The largest absolute Gasteiger partial charge is 0.389 e. The van der Waals surface area contributed by atoms with Gasteiger partial charge in [-0.25, -0.2) is 23.4 Å². The monoisotopic (exact) mass is 555 g/mol. The number of piperidine rings is 1. The fraction of sp³-hybridized carbons (Fsp3) is 0.556. The summed E-state index contributed by atoms with van der Waals surface area (Å²) in [6, 6.07) is 3.88. The maximum atomic E-state index is 11.8. The number of hydrogen-bond donors (Lipinski definition) is 2. The summed E-state index contributed by atoms with van der Waals surface area (Å²) in [6.45, 7) is 8.07. The number of nitrogens with zero attached hydrogens (tertiary/aromatic N) is 6. The van der Waals surface area contributed by atoms with Crippen LogP contribution in [-0.4, -0.2) is 90.5 Å². The second-order valence-electron chi connectivity index (χ2n) is 11.0. The van der Waals surface area contributed by atoms with Crippen molar-refractivity contribution in [3.63, 3.8) is 0 Å². The summed E-state index contributed by atoms with van der Waals surface area (Å²) in [6.07, 6.45) is 6.66. The van der Waals surface area contributed by atoms with Crippen molar-refractivity contribution >= 4 is 44.0 Å². The number of hydrogen-bond acceptors (Lipinski definition) is 11. The van der Waals surface area contributed by atoms with Crippen molar-refractivity contribution in [1.82, 2.24) is 19.9 Å². The van der Waals surface area contributed by atoms with Crippen molar-refractivity contribution in [3.05, 3.63) is 36.3 Å². The smallest absolute Gasteiger partial charge is 0.227 e. The van der Waals surface area contributed by atoms with Crippen LogP contribution in [0.25, 0.3) is 10.8 Å². The number of sulfone groups is 1. The molecule has 5 rings (SSSR count). The van der Waals surface area contributed by atoms with E-state index in [1.54, 1.807) is 19.4 Å². The van der Waals surface area contributed by atoms with E-state index in [1.807, 2.05) is 23.4 Å². The highest BCUT2D eigenvalue weighted by atomic mass is 32.2. The summed E-state index contributed by atoms with van der Waals surface area (Å²) in [5.74, 6) is 3.15. The fourth-order valence-electron chi connectivity index (χ4n) is 5.52. The highest BCUT2D eigenvalue weighted by Crippen LogP contribution is 2.38. The van der Waals surface area contributed by atoms with Crippen LogP contribution in [0.4, 0.5) is 23.4 Å². The topological polar surface area (TPSA) is 134 Å². The number of aromatic nitrogens is 4. The molecular formula is C27H37N7O4S. The van der Waals surface area contributed by atoms with Crippen LogP contribution in [0.3, 0.4) is 0 Å². The second kappa shape index (κ2) is 10.8. The van der Waals surface area contributed by atoms with Crippen LogP contribution in [0.2, 0.25) is 0 Å². The third-order valence-corrected chi connectivity index (χ3v) is 8.84. The van der Waals surface area contributed by atoms with Crippen LogP contribution < -0.4 is 15.1 Å². The van der Waals surface area contributed by atoms with Crippen LogP contribution in [0.1, 0.15) is 38.7 Å². The number of nitrogens with one attached hydrogen (secondary N) is 1. The Bertz CT molecular complexity index is 1450. The molecule has 3 aromatic heterocycles.